The number of anilines is 5. The molecule has 5 aromatic rings. The summed E-state index contributed by atoms with van der Waals surface area (Å²) in [5.41, 5.74) is 7.30. The van der Waals surface area contributed by atoms with E-state index in [9.17, 15) is 24.3 Å². The van der Waals surface area contributed by atoms with Crippen molar-refractivity contribution >= 4 is 52.1 Å². The van der Waals surface area contributed by atoms with E-state index in [1.807, 2.05) is 60.4 Å². The lowest BCUT2D eigenvalue weighted by molar-refractivity contribution is -0.127. The maximum Gasteiger partial charge on any atom is 0.260 e. The van der Waals surface area contributed by atoms with E-state index in [0.717, 1.165) is 28.9 Å². The second-order valence-electron chi connectivity index (χ2n) is 16.9. The molecule has 0 saturated heterocycles. The Morgan fingerprint density at radius 2 is 1.30 bits per heavy atom. The van der Waals surface area contributed by atoms with Gasteiger partial charge in [0.05, 0.1) is 54.8 Å². The van der Waals surface area contributed by atoms with Gasteiger partial charge >= 0.3 is 0 Å². The number of aliphatic hydroxyl groups excluding tert-OH is 1. The van der Waals surface area contributed by atoms with Crippen LogP contribution in [0.4, 0.5) is 28.4 Å². The molecule has 66 heavy (non-hydrogen) atoms. The van der Waals surface area contributed by atoms with Crippen LogP contribution in [0.3, 0.4) is 0 Å². The molecule has 1 unspecified atom stereocenters. The summed E-state index contributed by atoms with van der Waals surface area (Å²) in [5.74, 6) is 0.245. The van der Waals surface area contributed by atoms with Crippen LogP contribution >= 0.6 is 0 Å². The van der Waals surface area contributed by atoms with Crippen LogP contribution in [0, 0.1) is 0 Å². The molecule has 5 aromatic carbocycles. The maximum absolute atomic E-state index is 14.1. The first kappa shape index (κ1) is 43.9. The van der Waals surface area contributed by atoms with Gasteiger partial charge in [-0.05, 0) is 98.0 Å². The molecule has 0 fully saturated rings. The molecule has 4 aliphatic heterocycles. The molecular weight excluding hydrogens is 843 g/mol. The average molecular weight is 896 g/mol. The van der Waals surface area contributed by atoms with Crippen LogP contribution < -0.4 is 55.3 Å². The van der Waals surface area contributed by atoms with E-state index in [-0.39, 0.29) is 37.0 Å². The summed E-state index contributed by atoms with van der Waals surface area (Å²) in [6.07, 6.45) is 0.180. The SMILES string of the molecule is CCN[C@H](C)C(=O)N[C@@H](C)C(=O)Nc1cc(COc2cc3c(cc2OC)C(=O)N2c4ccccc4C[C@H]2CN3)cc(COc2cc3c(cc2OC)C(=O)N2c4ccccc4C[C@H]2C(O)N3)c1. The maximum atomic E-state index is 14.1. The molecule has 0 aromatic heterocycles. The van der Waals surface area contributed by atoms with E-state index in [1.54, 1.807) is 55.1 Å². The molecule has 342 valence electrons. The van der Waals surface area contributed by atoms with Gasteiger partial charge < -0.3 is 60.4 Å². The molecule has 9 rings (SSSR count). The normalized spacial score (nSPS) is 18.6. The Labute approximate surface area is 382 Å². The minimum absolute atomic E-state index is 0.00797. The molecular formula is C50H53N7O9. The standard InChI is InChI=1S/C50H53N7O9/c1-6-51-27(2)46(58)53-28(3)47(59)54-33-16-29(25-65-44-22-37-35(20-42(44)63-4)49(61)56-34(24-52-37)18-31-11-7-9-13-39(31)56)15-30(17-33)26-66-45-23-38-36(21-43(45)64-5)50(62)57-40-14-10-8-12-32(40)19-41(57)48(60)55-38/h7-17,20-23,27-28,34,41,48,51-52,55,60H,6,18-19,24-26H2,1-5H3,(H,53,58)(H,54,59)/t27-,28+,34+,41+,48?/m1/s1. The van der Waals surface area contributed by atoms with Gasteiger partial charge in [0.2, 0.25) is 11.8 Å². The number of nitrogens with zero attached hydrogens (tertiary/aromatic N) is 2. The lowest BCUT2D eigenvalue weighted by atomic mass is 10.1. The second-order valence-corrected chi connectivity index (χ2v) is 16.9. The third-order valence-electron chi connectivity index (χ3n) is 12.6. The Balaban J connectivity index is 0.978. The van der Waals surface area contributed by atoms with E-state index >= 15 is 0 Å². The van der Waals surface area contributed by atoms with Crippen molar-refractivity contribution in [3.05, 3.63) is 124 Å². The van der Waals surface area contributed by atoms with Gasteiger partial charge in [-0.15, -0.1) is 0 Å². The van der Waals surface area contributed by atoms with Crippen LogP contribution in [0.2, 0.25) is 0 Å². The molecule has 16 nitrogen and oxygen atoms in total. The third kappa shape index (κ3) is 8.40. The van der Waals surface area contributed by atoms with Crippen LogP contribution in [-0.4, -0.2) is 86.4 Å². The highest BCUT2D eigenvalue weighted by atomic mass is 16.5. The summed E-state index contributed by atoms with van der Waals surface area (Å²) in [5, 5.41) is 26.7. The smallest absolute Gasteiger partial charge is 0.260 e. The van der Waals surface area contributed by atoms with Gasteiger partial charge in [-0.1, -0.05) is 43.3 Å². The van der Waals surface area contributed by atoms with Crippen LogP contribution in [0.15, 0.2) is 91.0 Å². The zero-order chi connectivity index (χ0) is 46.2. The van der Waals surface area contributed by atoms with Crippen molar-refractivity contribution in [2.75, 3.05) is 53.1 Å². The van der Waals surface area contributed by atoms with E-state index in [2.05, 4.69) is 32.7 Å². The van der Waals surface area contributed by atoms with Crippen molar-refractivity contribution in [2.24, 2.45) is 0 Å². The van der Waals surface area contributed by atoms with E-state index in [0.29, 0.717) is 81.8 Å². The molecule has 5 atom stereocenters. The van der Waals surface area contributed by atoms with Crippen LogP contribution in [0.5, 0.6) is 23.0 Å². The minimum Gasteiger partial charge on any atom is -0.493 e. The van der Waals surface area contributed by atoms with Gasteiger partial charge in [-0.3, -0.25) is 19.2 Å². The highest BCUT2D eigenvalue weighted by Crippen LogP contribution is 2.43. The predicted octanol–water partition coefficient (Wildman–Crippen LogP) is 5.62. The number of hydrogen-bond acceptors (Lipinski definition) is 12. The molecule has 4 amide bonds. The highest BCUT2D eigenvalue weighted by molar-refractivity contribution is 6.13. The molecule has 0 aliphatic carbocycles. The molecule has 0 spiro atoms. The number of hydrogen-bond donors (Lipinski definition) is 6. The predicted molar refractivity (Wildman–Crippen MR) is 250 cm³/mol. The molecule has 16 heteroatoms. The fourth-order valence-corrected chi connectivity index (χ4v) is 9.23. The third-order valence-corrected chi connectivity index (χ3v) is 12.6. The monoisotopic (exact) mass is 895 g/mol. The highest BCUT2D eigenvalue weighted by Gasteiger charge is 2.42. The van der Waals surface area contributed by atoms with Gasteiger partial charge in [-0.2, -0.15) is 0 Å². The van der Waals surface area contributed by atoms with Gasteiger partial charge in [0.25, 0.3) is 11.8 Å². The number of carbonyl (C=O) groups excluding carboxylic acids is 4. The van der Waals surface area contributed by atoms with E-state index < -0.39 is 30.3 Å². The zero-order valence-corrected chi connectivity index (χ0v) is 37.4. The number of benzene rings is 5. The number of aliphatic hydroxyl groups is 1. The van der Waals surface area contributed by atoms with Crippen LogP contribution in [-0.2, 0) is 35.6 Å². The van der Waals surface area contributed by atoms with Crippen molar-refractivity contribution in [1.29, 1.82) is 0 Å². The Kier molecular flexibility index (Phi) is 12.2. The largest absolute Gasteiger partial charge is 0.493 e. The molecule has 0 bridgehead atoms. The number of fused-ring (bicyclic) bond motifs is 8. The summed E-state index contributed by atoms with van der Waals surface area (Å²) in [7, 11) is 3.01. The number of nitrogens with one attached hydrogen (secondary N) is 5. The van der Waals surface area contributed by atoms with Gasteiger partial charge in [-0.25, -0.2) is 0 Å². The number of rotatable bonds is 14. The Bertz CT molecular complexity index is 2730. The Hall–Kier alpha value is -7.30. The summed E-state index contributed by atoms with van der Waals surface area (Å²) in [6, 6.07) is 25.8. The fourth-order valence-electron chi connectivity index (χ4n) is 9.23. The molecule has 0 saturated carbocycles. The number of likely N-dealkylation sites (N-methyl/N-ethyl adjacent to an activating group) is 1. The summed E-state index contributed by atoms with van der Waals surface area (Å²) < 4.78 is 24.3. The number of ether oxygens (including phenoxy) is 4. The van der Waals surface area contributed by atoms with Gasteiger partial charge in [0.1, 0.15) is 25.5 Å². The second kappa shape index (κ2) is 18.3. The van der Waals surface area contributed by atoms with Crippen molar-refractivity contribution < 1.29 is 43.2 Å². The number of para-hydroxylation sites is 2. The lowest BCUT2D eigenvalue weighted by Crippen LogP contribution is -2.49. The number of carbonyl (C=O) groups is 4. The zero-order valence-electron chi connectivity index (χ0n) is 37.4. The van der Waals surface area contributed by atoms with Crippen molar-refractivity contribution in [1.82, 2.24) is 10.6 Å². The summed E-state index contributed by atoms with van der Waals surface area (Å²) in [4.78, 5) is 57.9. The Morgan fingerprint density at radius 1 is 0.727 bits per heavy atom. The first-order chi connectivity index (χ1) is 31.9. The fraction of sp³-hybridized carbons (Fsp3) is 0.320. The number of amides is 4. The molecule has 6 N–H and O–H groups in total. The summed E-state index contributed by atoms with van der Waals surface area (Å²) in [6.45, 7) is 6.40. The molecule has 0 radical (unpaired) electrons. The summed E-state index contributed by atoms with van der Waals surface area (Å²) >= 11 is 0. The molecule has 4 aliphatic rings. The van der Waals surface area contributed by atoms with E-state index in [1.165, 1.54) is 14.2 Å². The minimum atomic E-state index is -1.06. The average Bonchev–Trinajstić information content (AvgIpc) is 3.84. The Morgan fingerprint density at radius 3 is 1.94 bits per heavy atom. The van der Waals surface area contributed by atoms with Gasteiger partial charge in [0, 0.05) is 35.7 Å². The van der Waals surface area contributed by atoms with Crippen LogP contribution in [0.25, 0.3) is 0 Å². The lowest BCUT2D eigenvalue weighted by Gasteiger charge is -2.26. The van der Waals surface area contributed by atoms with Gasteiger partial charge in [0.15, 0.2) is 23.0 Å². The van der Waals surface area contributed by atoms with Crippen LogP contribution in [0.1, 0.15) is 63.7 Å². The number of methoxy groups -OCH3 is 2. The molecule has 4 heterocycles. The van der Waals surface area contributed by atoms with Crippen molar-refractivity contribution in [2.45, 2.75) is 77.2 Å². The van der Waals surface area contributed by atoms with Crippen molar-refractivity contribution in [3.8, 4) is 23.0 Å². The first-order valence-electron chi connectivity index (χ1n) is 22.1. The first-order valence-corrected chi connectivity index (χ1v) is 22.1. The van der Waals surface area contributed by atoms with Crippen molar-refractivity contribution in [3.63, 3.8) is 0 Å². The van der Waals surface area contributed by atoms with E-state index in [4.69, 9.17) is 18.9 Å². The topological polar surface area (TPSA) is 192 Å². The quantitative estimate of drug-likeness (QED) is 0.0809.